The van der Waals surface area contributed by atoms with E-state index in [9.17, 15) is 27.9 Å². The number of aliphatic carboxylic acids is 1. The van der Waals surface area contributed by atoms with Gasteiger partial charge in [-0.3, -0.25) is 4.79 Å². The number of nitrogens with one attached hydrogen (secondary N) is 1. The van der Waals surface area contributed by atoms with E-state index in [1.807, 2.05) is 6.07 Å². The van der Waals surface area contributed by atoms with E-state index in [0.717, 1.165) is 29.8 Å². The van der Waals surface area contributed by atoms with Crippen molar-refractivity contribution in [1.29, 1.82) is 0 Å². The zero-order valence-electron chi connectivity index (χ0n) is 20.2. The predicted molar refractivity (Wildman–Crippen MR) is 135 cm³/mol. The Morgan fingerprint density at radius 3 is 2.18 bits per heavy atom. The quantitative estimate of drug-likeness (QED) is 0.258. The lowest BCUT2D eigenvalue weighted by Crippen LogP contribution is -2.44. The van der Waals surface area contributed by atoms with Crippen LogP contribution in [-0.4, -0.2) is 34.6 Å². The molecular formula is C29H21F3N2O5. The van der Waals surface area contributed by atoms with Crippen molar-refractivity contribution in [3.05, 3.63) is 101 Å². The number of carbonyl (C=O) groups excluding carboxylic acids is 1. The van der Waals surface area contributed by atoms with Crippen LogP contribution in [0.2, 0.25) is 0 Å². The highest BCUT2D eigenvalue weighted by molar-refractivity contribution is 5.97. The minimum Gasteiger partial charge on any atom is -0.480 e. The van der Waals surface area contributed by atoms with Crippen molar-refractivity contribution < 1.29 is 37.0 Å². The van der Waals surface area contributed by atoms with Gasteiger partial charge in [0.2, 0.25) is 11.7 Å². The Kier molecular flexibility index (Phi) is 8.13. The van der Waals surface area contributed by atoms with Gasteiger partial charge in [0.15, 0.2) is 11.7 Å². The first-order valence-electron chi connectivity index (χ1n) is 11.6. The van der Waals surface area contributed by atoms with Crippen LogP contribution in [0.4, 0.5) is 13.2 Å². The third kappa shape index (κ3) is 7.12. The molecule has 1 aromatic heterocycles. The van der Waals surface area contributed by atoms with E-state index in [4.69, 9.17) is 15.6 Å². The topological polar surface area (TPSA) is 102 Å². The van der Waals surface area contributed by atoms with Crippen molar-refractivity contribution in [2.24, 2.45) is 0 Å². The smallest absolute Gasteiger partial charge is 0.416 e. The molecule has 5 rings (SSSR count). The van der Waals surface area contributed by atoms with Gasteiger partial charge >= 0.3 is 12.1 Å². The van der Waals surface area contributed by atoms with Gasteiger partial charge in [0.25, 0.3) is 5.91 Å². The maximum Gasteiger partial charge on any atom is 0.416 e. The first-order chi connectivity index (χ1) is 18.7. The summed E-state index contributed by atoms with van der Waals surface area (Å²) in [6.07, 6.45) is 0.827. The number of terminal acetylenes is 1. The van der Waals surface area contributed by atoms with Crippen LogP contribution in [0, 0.1) is 12.3 Å². The summed E-state index contributed by atoms with van der Waals surface area (Å²) in [5, 5.41) is 11.7. The molecule has 39 heavy (non-hydrogen) atoms. The first-order valence-corrected chi connectivity index (χ1v) is 11.6. The summed E-state index contributed by atoms with van der Waals surface area (Å²) in [7, 11) is 0. The van der Waals surface area contributed by atoms with Gasteiger partial charge < -0.3 is 19.6 Å². The molecule has 198 valence electrons. The van der Waals surface area contributed by atoms with Crippen molar-refractivity contribution in [1.82, 2.24) is 10.3 Å². The molecule has 1 heterocycles. The summed E-state index contributed by atoms with van der Waals surface area (Å²) >= 11 is 0. The number of aromatic nitrogens is 1. The molecule has 0 bridgehead atoms. The fraction of sp³-hybridized carbons (Fsp3) is 0.138. The molecule has 1 atom stereocenters. The molecule has 2 N–H and O–H groups in total. The molecular weight excluding hydrogens is 513 g/mol. The molecule has 10 heteroatoms. The van der Waals surface area contributed by atoms with Gasteiger partial charge in [0.05, 0.1) is 18.8 Å². The van der Waals surface area contributed by atoms with Crippen molar-refractivity contribution in [2.45, 2.75) is 18.8 Å². The zero-order chi connectivity index (χ0) is 28.0. The normalized spacial score (nSPS) is 11.9. The molecule has 0 saturated heterocycles. The van der Waals surface area contributed by atoms with Crippen molar-refractivity contribution in [3.8, 4) is 34.9 Å². The Bertz CT molecular complexity index is 1490. The van der Waals surface area contributed by atoms with Crippen molar-refractivity contribution in [2.75, 3.05) is 6.61 Å². The van der Waals surface area contributed by atoms with Gasteiger partial charge in [0.1, 0.15) is 0 Å². The number of carboxylic acid groups (broad SMARTS) is 1. The van der Waals surface area contributed by atoms with Crippen molar-refractivity contribution in [3.63, 3.8) is 0 Å². The number of oxazole rings is 1. The fourth-order valence-electron chi connectivity index (χ4n) is 3.44. The summed E-state index contributed by atoms with van der Waals surface area (Å²) in [4.78, 5) is 28.1. The lowest BCUT2D eigenvalue weighted by atomic mass is 10.1. The fourth-order valence-corrected chi connectivity index (χ4v) is 3.44. The number of carboxylic acids is 1. The molecule has 3 aromatic rings. The molecule has 0 radical (unpaired) electrons. The molecule has 2 aromatic carbocycles. The van der Waals surface area contributed by atoms with Gasteiger partial charge in [-0.15, -0.1) is 6.42 Å². The summed E-state index contributed by atoms with van der Waals surface area (Å²) in [5.74, 6) is -0.633. The molecule has 0 aliphatic heterocycles. The van der Waals surface area contributed by atoms with Crippen LogP contribution in [0.3, 0.4) is 0 Å². The number of halogens is 3. The Morgan fingerprint density at radius 2 is 1.67 bits per heavy atom. The highest BCUT2D eigenvalue weighted by atomic mass is 19.4. The summed E-state index contributed by atoms with van der Waals surface area (Å²) in [6.45, 7) is -0.191. The molecule has 7 nitrogen and oxygen atoms in total. The Morgan fingerprint density at radius 1 is 1.00 bits per heavy atom. The van der Waals surface area contributed by atoms with E-state index in [1.165, 1.54) is 11.1 Å². The van der Waals surface area contributed by atoms with E-state index in [1.54, 1.807) is 24.3 Å². The second kappa shape index (κ2) is 11.7. The summed E-state index contributed by atoms with van der Waals surface area (Å²) in [5.41, 5.74) is 2.58. The number of rotatable bonds is 8. The molecule has 0 spiro atoms. The Labute approximate surface area is 221 Å². The number of hydrogen-bond donors (Lipinski definition) is 2. The van der Waals surface area contributed by atoms with Gasteiger partial charge in [0, 0.05) is 5.56 Å². The monoisotopic (exact) mass is 534 g/mol. The maximum atomic E-state index is 12.7. The second-order valence-electron chi connectivity index (χ2n) is 8.36. The van der Waals surface area contributed by atoms with E-state index in [-0.39, 0.29) is 36.1 Å². The van der Waals surface area contributed by atoms with E-state index in [2.05, 4.69) is 40.5 Å². The number of carbonyl (C=O) groups is 2. The summed E-state index contributed by atoms with van der Waals surface area (Å²) < 4.78 is 48.9. The largest absolute Gasteiger partial charge is 0.480 e. The number of amides is 1. The molecule has 1 amide bonds. The van der Waals surface area contributed by atoms with Crippen LogP contribution >= 0.6 is 0 Å². The van der Waals surface area contributed by atoms with E-state index < -0.39 is 29.7 Å². The average Bonchev–Trinajstić information content (AvgIpc) is 3.30. The Hall–Kier alpha value is -4.88. The van der Waals surface area contributed by atoms with E-state index in [0.29, 0.717) is 0 Å². The van der Waals surface area contributed by atoms with E-state index >= 15 is 0 Å². The van der Waals surface area contributed by atoms with Crippen LogP contribution in [0.15, 0.2) is 83.3 Å². The zero-order valence-corrected chi connectivity index (χ0v) is 20.2. The van der Waals surface area contributed by atoms with Gasteiger partial charge in [-0.1, -0.05) is 48.5 Å². The third-order valence-corrected chi connectivity index (χ3v) is 5.54. The van der Waals surface area contributed by atoms with Gasteiger partial charge in [-0.2, -0.15) is 13.2 Å². The standard InChI is InChI=1S/C23H17F3N2O5.C6H4/c1-2-18-19(28-21(33-18)15-8-10-16(11-9-15)23(24,25)26)20(29)27-17(22(30)31)13-32-12-14-6-4-3-5-7-14;1-2-5-4-6(5)3-1/h1,3-11,17H,12-13H2,(H,27,29)(H,30,31);1-4H. The van der Waals surface area contributed by atoms with Crippen molar-refractivity contribution >= 4 is 11.9 Å². The number of nitrogens with zero attached hydrogens (tertiary/aromatic N) is 1. The highest BCUT2D eigenvalue weighted by Crippen LogP contribution is 2.33. The number of alkyl halides is 3. The third-order valence-electron chi connectivity index (χ3n) is 5.54. The molecule has 0 fully saturated rings. The molecule has 1 unspecified atom stereocenters. The summed E-state index contributed by atoms with van der Waals surface area (Å²) in [6, 6.07) is 20.0. The number of benzene rings is 3. The number of fused-ring (bicyclic) bond motifs is 1. The minimum absolute atomic E-state index is 0.137. The van der Waals surface area contributed by atoms with Gasteiger partial charge in [-0.05, 0) is 52.9 Å². The predicted octanol–water partition coefficient (Wildman–Crippen LogP) is 5.41. The average molecular weight is 534 g/mol. The molecule has 0 saturated carbocycles. The SMILES string of the molecule is C#Cc1oc(-c2ccc(C(F)(F)F)cc2)nc1C(=O)NC(COCc1ccccc1)C(=O)O.c1cc2cc-2c1. The lowest BCUT2D eigenvalue weighted by molar-refractivity contribution is -0.141. The van der Waals surface area contributed by atoms with Gasteiger partial charge in [-0.25, -0.2) is 9.78 Å². The van der Waals surface area contributed by atoms with Crippen LogP contribution in [-0.2, 0) is 22.3 Å². The van der Waals surface area contributed by atoms with Crippen LogP contribution < -0.4 is 5.32 Å². The maximum absolute atomic E-state index is 12.7. The minimum atomic E-state index is -4.52. The number of ether oxygens (including phenoxy) is 1. The number of hydrogen-bond acceptors (Lipinski definition) is 5. The first kappa shape index (κ1) is 27.2. The molecule has 2 aliphatic rings. The lowest BCUT2D eigenvalue weighted by Gasteiger charge is -2.14. The van der Waals surface area contributed by atoms with Crippen LogP contribution in [0.5, 0.6) is 0 Å². The molecule has 2 aliphatic carbocycles. The van der Waals surface area contributed by atoms with Crippen LogP contribution in [0.1, 0.15) is 27.4 Å². The van der Waals surface area contributed by atoms with Crippen LogP contribution in [0.25, 0.3) is 22.6 Å². The second-order valence-corrected chi connectivity index (χ2v) is 8.36. The Balaban J connectivity index is 0.000000508. The highest BCUT2D eigenvalue weighted by Gasteiger charge is 2.30.